The minimum absolute atomic E-state index is 0.180. The van der Waals surface area contributed by atoms with Crippen molar-refractivity contribution in [1.29, 1.82) is 5.26 Å². The first-order chi connectivity index (χ1) is 17.5. The highest BCUT2D eigenvalue weighted by molar-refractivity contribution is 5.91. The molecule has 0 radical (unpaired) electrons. The summed E-state index contributed by atoms with van der Waals surface area (Å²) in [6.45, 7) is 1.91. The molecule has 2 atom stereocenters. The summed E-state index contributed by atoms with van der Waals surface area (Å²) < 4.78 is 22.0. The zero-order chi connectivity index (χ0) is 25.0. The minimum atomic E-state index is -0.450. The number of methoxy groups -OCH3 is 1. The zero-order valence-electron chi connectivity index (χ0n) is 20.3. The molecule has 2 saturated heterocycles. The third kappa shape index (κ3) is 3.50. The van der Waals surface area contributed by atoms with Crippen LogP contribution in [0.1, 0.15) is 36.8 Å². The molecule has 182 valence electrons. The number of hydrogen-bond donors (Lipinski definition) is 1. The molecule has 7 nitrogen and oxygen atoms in total. The lowest BCUT2D eigenvalue weighted by Gasteiger charge is -2.39. The molecule has 2 aromatic carbocycles. The summed E-state index contributed by atoms with van der Waals surface area (Å²) in [6.07, 6.45) is 7.73. The Bertz CT molecular complexity index is 1510. The van der Waals surface area contributed by atoms with Gasteiger partial charge in [-0.05, 0) is 68.0 Å². The number of aromatic nitrogens is 3. The summed E-state index contributed by atoms with van der Waals surface area (Å²) >= 11 is 0. The van der Waals surface area contributed by atoms with Crippen molar-refractivity contribution in [2.24, 2.45) is 5.73 Å². The van der Waals surface area contributed by atoms with E-state index < -0.39 is 5.82 Å². The molecule has 2 N–H and O–H groups in total. The van der Waals surface area contributed by atoms with Crippen molar-refractivity contribution in [3.63, 3.8) is 0 Å². The van der Waals surface area contributed by atoms with Crippen molar-refractivity contribution in [2.75, 3.05) is 12.0 Å². The first-order valence-corrected chi connectivity index (χ1v) is 12.2. The fourth-order valence-electron chi connectivity index (χ4n) is 5.93. The average molecular weight is 483 g/mol. The third-order valence-corrected chi connectivity index (χ3v) is 7.59. The van der Waals surface area contributed by atoms with Gasteiger partial charge in [-0.15, -0.1) is 0 Å². The van der Waals surface area contributed by atoms with E-state index >= 15 is 0 Å². The third-order valence-electron chi connectivity index (χ3n) is 7.59. The molecule has 2 aromatic heterocycles. The van der Waals surface area contributed by atoms with E-state index in [1.165, 1.54) is 13.2 Å². The standard InChI is InChI=1S/C28H27FN6O/c1-16-11-18(3-4-19(16)15-30)26-25(17-5-8-24(36-2)23(29)12-17)27-32-9-10-34(27)28(33-26)35-21-6-7-22(35)14-20(31)13-21/h3-5,8-12,20-22H,6-7,13-14,31H2,1-2H3. The fraction of sp³-hybridized carbons (Fsp3) is 0.321. The number of imidazole rings is 1. The van der Waals surface area contributed by atoms with Crippen LogP contribution in [0.15, 0.2) is 48.8 Å². The van der Waals surface area contributed by atoms with E-state index in [-0.39, 0.29) is 11.8 Å². The lowest BCUT2D eigenvalue weighted by Crippen LogP contribution is -2.48. The van der Waals surface area contributed by atoms with Crippen LogP contribution in [0.4, 0.5) is 10.3 Å². The van der Waals surface area contributed by atoms with Gasteiger partial charge < -0.3 is 15.4 Å². The van der Waals surface area contributed by atoms with Crippen LogP contribution in [0.25, 0.3) is 28.0 Å². The first kappa shape index (κ1) is 22.5. The molecule has 0 aliphatic carbocycles. The van der Waals surface area contributed by atoms with Gasteiger partial charge in [-0.25, -0.2) is 14.4 Å². The Morgan fingerprint density at radius 2 is 1.86 bits per heavy atom. The highest BCUT2D eigenvalue weighted by Crippen LogP contribution is 2.42. The molecule has 36 heavy (non-hydrogen) atoms. The summed E-state index contributed by atoms with van der Waals surface area (Å²) in [4.78, 5) is 12.4. The summed E-state index contributed by atoms with van der Waals surface area (Å²) in [5, 5.41) is 9.46. The number of nitriles is 1. The second-order valence-electron chi connectivity index (χ2n) is 9.77. The topological polar surface area (TPSA) is 92.5 Å². The van der Waals surface area contributed by atoms with E-state index in [4.69, 9.17) is 20.4 Å². The Morgan fingerprint density at radius 3 is 2.53 bits per heavy atom. The molecule has 8 heteroatoms. The molecule has 0 amide bonds. The second-order valence-corrected chi connectivity index (χ2v) is 9.77. The van der Waals surface area contributed by atoms with E-state index in [2.05, 4.69) is 11.0 Å². The van der Waals surface area contributed by atoms with E-state index in [0.717, 1.165) is 48.3 Å². The van der Waals surface area contributed by atoms with E-state index in [1.807, 2.05) is 41.8 Å². The van der Waals surface area contributed by atoms with Gasteiger partial charge in [0.1, 0.15) is 5.65 Å². The van der Waals surface area contributed by atoms with Crippen LogP contribution in [0.5, 0.6) is 5.75 Å². The van der Waals surface area contributed by atoms with Gasteiger partial charge in [-0.2, -0.15) is 5.26 Å². The highest BCUT2D eigenvalue weighted by Gasteiger charge is 2.41. The number of benzene rings is 2. The van der Waals surface area contributed by atoms with Gasteiger partial charge in [0.25, 0.3) is 0 Å². The Balaban J connectivity index is 1.63. The molecule has 0 saturated carbocycles. The zero-order valence-corrected chi connectivity index (χ0v) is 20.3. The largest absolute Gasteiger partial charge is 0.494 e. The number of halogens is 1. The Kier molecular flexibility index (Phi) is 5.38. The molecule has 2 bridgehead atoms. The van der Waals surface area contributed by atoms with Gasteiger partial charge >= 0.3 is 0 Å². The first-order valence-electron chi connectivity index (χ1n) is 12.2. The van der Waals surface area contributed by atoms with Crippen LogP contribution in [-0.2, 0) is 0 Å². The molecule has 2 aliphatic heterocycles. The number of rotatable bonds is 4. The Hall–Kier alpha value is -3.96. The van der Waals surface area contributed by atoms with E-state index in [1.54, 1.807) is 12.3 Å². The molecular weight excluding hydrogens is 455 g/mol. The molecule has 0 spiro atoms. The molecule has 6 rings (SSSR count). The van der Waals surface area contributed by atoms with Gasteiger partial charge in [-0.3, -0.25) is 4.40 Å². The van der Waals surface area contributed by atoms with Crippen LogP contribution in [0, 0.1) is 24.1 Å². The lowest BCUT2D eigenvalue weighted by atomic mass is 9.96. The van der Waals surface area contributed by atoms with Crippen LogP contribution in [0.2, 0.25) is 0 Å². The number of nitrogens with zero attached hydrogens (tertiary/aromatic N) is 5. The van der Waals surface area contributed by atoms with Crippen molar-refractivity contribution in [2.45, 2.75) is 50.7 Å². The number of fused-ring (bicyclic) bond motifs is 3. The summed E-state index contributed by atoms with van der Waals surface area (Å²) in [5.41, 5.74) is 11.5. The van der Waals surface area contributed by atoms with Crippen molar-refractivity contribution < 1.29 is 9.13 Å². The molecule has 4 aromatic rings. The fourth-order valence-corrected chi connectivity index (χ4v) is 5.93. The number of aryl methyl sites for hydroxylation is 1. The molecule has 2 unspecified atom stereocenters. The highest BCUT2D eigenvalue weighted by atomic mass is 19.1. The molecule has 4 heterocycles. The van der Waals surface area contributed by atoms with Crippen LogP contribution in [-0.4, -0.2) is 39.6 Å². The lowest BCUT2D eigenvalue weighted by molar-refractivity contribution is 0.386. The van der Waals surface area contributed by atoms with Gasteiger partial charge in [0.15, 0.2) is 11.6 Å². The SMILES string of the molecule is COc1ccc(-c2c(-c3ccc(C#N)c(C)c3)nc(N3C4CCC3CC(N)C4)n3ccnc23)cc1F. The number of nitrogens with two attached hydrogens (primary N) is 1. The van der Waals surface area contributed by atoms with Gasteiger partial charge in [0, 0.05) is 36.1 Å². The molecule has 2 fully saturated rings. The van der Waals surface area contributed by atoms with Gasteiger partial charge in [0.05, 0.1) is 30.0 Å². The van der Waals surface area contributed by atoms with Crippen LogP contribution < -0.4 is 15.4 Å². The second kappa shape index (κ2) is 8.61. The van der Waals surface area contributed by atoms with Crippen molar-refractivity contribution in [3.8, 4) is 34.2 Å². The van der Waals surface area contributed by atoms with E-state index in [0.29, 0.717) is 34.6 Å². The van der Waals surface area contributed by atoms with Gasteiger partial charge in [-0.1, -0.05) is 12.1 Å². The maximum Gasteiger partial charge on any atom is 0.212 e. The summed E-state index contributed by atoms with van der Waals surface area (Å²) in [5.74, 6) is 0.560. The smallest absolute Gasteiger partial charge is 0.212 e. The van der Waals surface area contributed by atoms with Crippen molar-refractivity contribution in [3.05, 3.63) is 65.7 Å². The number of hydrogen-bond acceptors (Lipinski definition) is 6. The Morgan fingerprint density at radius 1 is 1.11 bits per heavy atom. The monoisotopic (exact) mass is 482 g/mol. The number of anilines is 1. The Labute approximate surface area is 209 Å². The summed E-state index contributed by atoms with van der Waals surface area (Å²) in [7, 11) is 1.45. The average Bonchev–Trinajstić information content (AvgIpc) is 3.46. The van der Waals surface area contributed by atoms with Crippen molar-refractivity contribution in [1.82, 2.24) is 14.4 Å². The van der Waals surface area contributed by atoms with Crippen LogP contribution in [0.3, 0.4) is 0 Å². The number of piperidine rings is 1. The van der Waals surface area contributed by atoms with Crippen molar-refractivity contribution >= 4 is 11.6 Å². The van der Waals surface area contributed by atoms with E-state index in [9.17, 15) is 9.65 Å². The molecule has 2 aliphatic rings. The summed E-state index contributed by atoms with van der Waals surface area (Å²) in [6, 6.07) is 13.7. The van der Waals surface area contributed by atoms with Crippen LogP contribution >= 0.6 is 0 Å². The molecular formula is C28H27FN6O. The number of ether oxygens (including phenoxy) is 1. The van der Waals surface area contributed by atoms with Gasteiger partial charge in [0.2, 0.25) is 5.95 Å². The maximum atomic E-state index is 14.8. The maximum absolute atomic E-state index is 14.8. The normalized spacial score (nSPS) is 21.1. The minimum Gasteiger partial charge on any atom is -0.494 e. The quantitative estimate of drug-likeness (QED) is 0.447. The predicted molar refractivity (Wildman–Crippen MR) is 136 cm³/mol. The predicted octanol–water partition coefficient (Wildman–Crippen LogP) is 4.85.